The van der Waals surface area contributed by atoms with E-state index in [9.17, 15) is 18.4 Å². The summed E-state index contributed by atoms with van der Waals surface area (Å²) in [4.78, 5) is 0. The fourth-order valence-corrected chi connectivity index (χ4v) is 2.81. The van der Waals surface area contributed by atoms with Crippen LogP contribution < -0.4 is 5.32 Å². The Morgan fingerprint density at radius 2 is 2.17 bits per heavy atom. The van der Waals surface area contributed by atoms with E-state index < -0.39 is 18.3 Å². The van der Waals surface area contributed by atoms with Crippen molar-refractivity contribution in [1.29, 1.82) is 5.26 Å². The molecule has 0 amide bonds. The fraction of sp³-hybridized carbons (Fsp3) is 0.417. The molecule has 96 valence electrons. The summed E-state index contributed by atoms with van der Waals surface area (Å²) in [5, 5.41) is 11.6. The van der Waals surface area contributed by atoms with E-state index in [1.165, 1.54) is 0 Å². The van der Waals surface area contributed by atoms with Crippen molar-refractivity contribution in [2.75, 3.05) is 6.54 Å². The largest absolute Gasteiger partial charge is 0.401 e. The zero-order valence-corrected chi connectivity index (χ0v) is 10.9. The Morgan fingerprint density at radius 1 is 1.44 bits per heavy atom. The van der Waals surface area contributed by atoms with Crippen LogP contribution in [0.4, 0.5) is 13.2 Å². The van der Waals surface area contributed by atoms with Crippen molar-refractivity contribution in [2.45, 2.75) is 24.6 Å². The molecule has 6 heteroatoms. The molecule has 2 nitrogen and oxygen atoms in total. The van der Waals surface area contributed by atoms with Gasteiger partial charge < -0.3 is 0 Å². The number of nitriles is 1. The third-order valence-corrected chi connectivity index (χ3v) is 3.85. The van der Waals surface area contributed by atoms with Crippen LogP contribution in [0.25, 0.3) is 0 Å². The van der Waals surface area contributed by atoms with Crippen molar-refractivity contribution >= 4 is 15.9 Å². The van der Waals surface area contributed by atoms with E-state index in [0.29, 0.717) is 18.4 Å². The Hall–Kier alpha value is -1.06. The molecule has 1 aromatic carbocycles. The number of nitrogens with zero attached hydrogens (tertiary/aromatic N) is 1. The first-order valence-corrected chi connectivity index (χ1v) is 6.18. The number of benzene rings is 1. The lowest BCUT2D eigenvalue weighted by molar-refractivity contribution is -0.127. The predicted molar refractivity (Wildman–Crippen MR) is 63.8 cm³/mol. The lowest BCUT2D eigenvalue weighted by Gasteiger charge is -2.24. The average Bonchev–Trinajstić information content (AvgIpc) is 2.67. The summed E-state index contributed by atoms with van der Waals surface area (Å²) < 4.78 is 37.7. The lowest BCUT2D eigenvalue weighted by atomic mass is 9.93. The molecule has 0 aromatic heterocycles. The molecule has 18 heavy (non-hydrogen) atoms. The fourth-order valence-electron chi connectivity index (χ4n) is 2.25. The van der Waals surface area contributed by atoms with Crippen molar-refractivity contribution in [2.24, 2.45) is 0 Å². The van der Waals surface area contributed by atoms with E-state index in [4.69, 9.17) is 0 Å². The van der Waals surface area contributed by atoms with E-state index >= 15 is 0 Å². The summed E-state index contributed by atoms with van der Waals surface area (Å²) in [5.74, 6) is 0. The van der Waals surface area contributed by atoms with Crippen LogP contribution in [0.3, 0.4) is 0 Å². The SMILES string of the molecule is N#CC1(NCC(F)(F)F)CCc2c(Br)cccc21. The van der Waals surface area contributed by atoms with Gasteiger partial charge in [-0.3, -0.25) is 5.32 Å². The van der Waals surface area contributed by atoms with E-state index in [1.807, 2.05) is 12.1 Å². The number of hydrogen-bond donors (Lipinski definition) is 1. The van der Waals surface area contributed by atoms with Crippen LogP contribution in [0.1, 0.15) is 17.5 Å². The number of alkyl halides is 3. The zero-order chi connectivity index (χ0) is 13.4. The van der Waals surface area contributed by atoms with Gasteiger partial charge in [0, 0.05) is 4.47 Å². The molecule has 1 N–H and O–H groups in total. The quantitative estimate of drug-likeness (QED) is 0.908. The molecule has 1 unspecified atom stereocenters. The maximum absolute atomic E-state index is 12.3. The molecule has 0 saturated heterocycles. The molecule has 0 heterocycles. The molecule has 2 rings (SSSR count). The standard InChI is InChI=1S/C12H10BrF3N2/c13-10-3-1-2-9-8(10)4-5-11(9,6-17)18-7-12(14,15)16/h1-3,18H,4-5,7H2. The van der Waals surface area contributed by atoms with Crippen LogP contribution in [-0.2, 0) is 12.0 Å². The van der Waals surface area contributed by atoms with Gasteiger partial charge in [-0.05, 0) is 30.0 Å². The number of nitrogens with one attached hydrogen (secondary N) is 1. The first kappa shape index (κ1) is 13.4. The molecule has 1 atom stereocenters. The minimum absolute atomic E-state index is 0.359. The van der Waals surface area contributed by atoms with E-state index in [2.05, 4.69) is 21.2 Å². The molecule has 0 saturated carbocycles. The predicted octanol–water partition coefficient (Wildman–Crippen LogP) is 3.27. The number of rotatable bonds is 2. The average molecular weight is 319 g/mol. The highest BCUT2D eigenvalue weighted by atomic mass is 79.9. The van der Waals surface area contributed by atoms with E-state index in [0.717, 1.165) is 10.0 Å². The monoisotopic (exact) mass is 318 g/mol. The third-order valence-electron chi connectivity index (χ3n) is 3.11. The van der Waals surface area contributed by atoms with Crippen LogP contribution in [0.5, 0.6) is 0 Å². The van der Waals surface area contributed by atoms with Crippen molar-refractivity contribution < 1.29 is 13.2 Å². The van der Waals surface area contributed by atoms with Gasteiger partial charge in [0.2, 0.25) is 0 Å². The van der Waals surface area contributed by atoms with Gasteiger partial charge in [0.05, 0.1) is 12.6 Å². The third kappa shape index (κ3) is 2.38. The summed E-state index contributed by atoms with van der Waals surface area (Å²) in [7, 11) is 0. The van der Waals surface area contributed by atoms with E-state index in [-0.39, 0.29) is 0 Å². The molecule has 0 aliphatic heterocycles. The van der Waals surface area contributed by atoms with Crippen molar-refractivity contribution in [3.63, 3.8) is 0 Å². The smallest absolute Gasteiger partial charge is 0.287 e. The van der Waals surface area contributed by atoms with Gasteiger partial charge in [-0.15, -0.1) is 0 Å². The Bertz CT molecular complexity index is 507. The number of hydrogen-bond acceptors (Lipinski definition) is 2. The highest BCUT2D eigenvalue weighted by Gasteiger charge is 2.42. The zero-order valence-electron chi connectivity index (χ0n) is 9.31. The van der Waals surface area contributed by atoms with Gasteiger partial charge in [0.25, 0.3) is 0 Å². The number of fused-ring (bicyclic) bond motifs is 1. The van der Waals surface area contributed by atoms with Crippen molar-refractivity contribution in [1.82, 2.24) is 5.32 Å². The molecule has 1 aliphatic rings. The molecule has 0 fully saturated rings. The minimum Gasteiger partial charge on any atom is -0.287 e. The maximum Gasteiger partial charge on any atom is 0.401 e. The highest BCUT2D eigenvalue weighted by molar-refractivity contribution is 9.10. The van der Waals surface area contributed by atoms with Crippen LogP contribution in [0.2, 0.25) is 0 Å². The maximum atomic E-state index is 12.3. The number of halogens is 4. The molecule has 0 bridgehead atoms. The highest BCUT2D eigenvalue weighted by Crippen LogP contribution is 2.40. The molecule has 0 spiro atoms. The lowest BCUT2D eigenvalue weighted by Crippen LogP contribution is -2.44. The Labute approximate surface area is 111 Å². The normalized spacial score (nSPS) is 22.6. The van der Waals surface area contributed by atoms with Crippen LogP contribution in [0, 0.1) is 11.3 Å². The molecule has 0 radical (unpaired) electrons. The Morgan fingerprint density at radius 3 is 2.78 bits per heavy atom. The molecule has 1 aromatic rings. The van der Waals surface area contributed by atoms with Gasteiger partial charge >= 0.3 is 6.18 Å². The topological polar surface area (TPSA) is 35.8 Å². The van der Waals surface area contributed by atoms with Crippen LogP contribution in [-0.4, -0.2) is 12.7 Å². The van der Waals surface area contributed by atoms with Gasteiger partial charge in [-0.1, -0.05) is 28.1 Å². The van der Waals surface area contributed by atoms with E-state index in [1.54, 1.807) is 12.1 Å². The second kappa shape index (κ2) is 4.56. The van der Waals surface area contributed by atoms with Gasteiger partial charge in [0.15, 0.2) is 0 Å². The summed E-state index contributed by atoms with van der Waals surface area (Å²) in [6, 6.07) is 7.27. The van der Waals surface area contributed by atoms with Gasteiger partial charge in [0.1, 0.15) is 5.54 Å². The van der Waals surface area contributed by atoms with Crippen LogP contribution in [0.15, 0.2) is 22.7 Å². The summed E-state index contributed by atoms with van der Waals surface area (Å²) in [5.41, 5.74) is 0.326. The minimum atomic E-state index is -4.32. The summed E-state index contributed by atoms with van der Waals surface area (Å²) >= 11 is 3.36. The second-order valence-electron chi connectivity index (χ2n) is 4.25. The first-order valence-electron chi connectivity index (χ1n) is 5.39. The molecule has 1 aliphatic carbocycles. The van der Waals surface area contributed by atoms with Crippen molar-refractivity contribution in [3.05, 3.63) is 33.8 Å². The Kier molecular flexibility index (Phi) is 3.39. The first-order chi connectivity index (χ1) is 8.38. The second-order valence-corrected chi connectivity index (χ2v) is 5.11. The van der Waals surface area contributed by atoms with Gasteiger partial charge in [-0.2, -0.15) is 18.4 Å². The summed E-state index contributed by atoms with van der Waals surface area (Å²) in [6.07, 6.45) is -3.37. The van der Waals surface area contributed by atoms with Gasteiger partial charge in [-0.25, -0.2) is 0 Å². The molecular formula is C12H10BrF3N2. The van der Waals surface area contributed by atoms with Crippen LogP contribution >= 0.6 is 15.9 Å². The molecular weight excluding hydrogens is 309 g/mol. The summed E-state index contributed by atoms with van der Waals surface area (Å²) in [6.45, 7) is -1.16. The van der Waals surface area contributed by atoms with Crippen molar-refractivity contribution in [3.8, 4) is 6.07 Å². The Balaban J connectivity index is 2.33.